The maximum Gasteiger partial charge on any atom is 0.196 e. The Morgan fingerprint density at radius 1 is 0.481 bits per heavy atom. The highest BCUT2D eigenvalue weighted by Crippen LogP contribution is 2.43. The predicted molar refractivity (Wildman–Crippen MR) is 228 cm³/mol. The van der Waals surface area contributed by atoms with E-state index in [1.807, 2.05) is 48.5 Å². The summed E-state index contributed by atoms with van der Waals surface area (Å²) in [5, 5.41) is 3.09. The van der Waals surface area contributed by atoms with E-state index in [1.165, 1.54) is 20.9 Å². The molecule has 0 saturated heterocycles. The standard InChI is InChI=1S/C46H39O2S4/c1-45(2,3)28-12-11-13-31(24-28)52(32-20-22-41-36(27-32)44(48)34-15-8-10-17-39(34)51-41)42-23-19-30(26-37(42)46(4,5)6)49-29-18-21-40-35(25-29)43(47)33-14-7-9-16-38(33)50-40/h7-27H,1-6H3/q+1. The van der Waals surface area contributed by atoms with Crippen molar-refractivity contribution in [2.75, 3.05) is 0 Å². The third-order valence-corrected chi connectivity index (χ3v) is 15.0. The Hall–Kier alpha value is -4.20. The summed E-state index contributed by atoms with van der Waals surface area (Å²) in [6, 6.07) is 44.5. The maximum absolute atomic E-state index is 13.9. The van der Waals surface area contributed by atoms with E-state index in [2.05, 4.69) is 120 Å². The number of benzene rings is 6. The molecule has 6 heteroatoms. The van der Waals surface area contributed by atoms with Crippen molar-refractivity contribution in [3.8, 4) is 0 Å². The quantitative estimate of drug-likeness (QED) is 0.130. The van der Waals surface area contributed by atoms with Crippen molar-refractivity contribution >= 4 is 85.7 Å². The average molecular weight is 752 g/mol. The first kappa shape index (κ1) is 34.9. The van der Waals surface area contributed by atoms with Crippen molar-refractivity contribution in [3.63, 3.8) is 0 Å². The van der Waals surface area contributed by atoms with E-state index in [0.717, 1.165) is 55.0 Å². The zero-order valence-electron chi connectivity index (χ0n) is 30.1. The summed E-state index contributed by atoms with van der Waals surface area (Å²) in [6.07, 6.45) is 0. The topological polar surface area (TPSA) is 34.1 Å². The lowest BCUT2D eigenvalue weighted by Gasteiger charge is -2.24. The first-order valence-electron chi connectivity index (χ1n) is 17.4. The summed E-state index contributed by atoms with van der Waals surface area (Å²) in [5.74, 6) is 0. The fourth-order valence-corrected chi connectivity index (χ4v) is 12.2. The van der Waals surface area contributed by atoms with Crippen molar-refractivity contribution in [3.05, 3.63) is 159 Å². The molecule has 0 radical (unpaired) electrons. The normalized spacial score (nSPS) is 13.0. The minimum atomic E-state index is -0.489. The van der Waals surface area contributed by atoms with Crippen LogP contribution in [0.4, 0.5) is 0 Å². The lowest BCUT2D eigenvalue weighted by molar-refractivity contribution is 0.575. The molecule has 1 atom stereocenters. The van der Waals surface area contributed by atoms with E-state index in [-0.39, 0.29) is 21.7 Å². The molecule has 258 valence electrons. The van der Waals surface area contributed by atoms with Crippen molar-refractivity contribution in [2.24, 2.45) is 0 Å². The van der Waals surface area contributed by atoms with Crippen LogP contribution < -0.4 is 10.9 Å². The van der Waals surface area contributed by atoms with E-state index in [0.29, 0.717) is 0 Å². The van der Waals surface area contributed by atoms with Gasteiger partial charge in [0.25, 0.3) is 0 Å². The second kappa shape index (κ2) is 13.3. The zero-order chi connectivity index (χ0) is 36.4. The highest BCUT2D eigenvalue weighted by Gasteiger charge is 2.36. The van der Waals surface area contributed by atoms with Gasteiger partial charge in [-0.1, -0.05) is 89.7 Å². The van der Waals surface area contributed by atoms with Crippen LogP contribution in [0.3, 0.4) is 0 Å². The molecule has 0 aliphatic rings. The van der Waals surface area contributed by atoms with Gasteiger partial charge in [-0.3, -0.25) is 9.59 Å². The fourth-order valence-electron chi connectivity index (χ4n) is 6.71. The maximum atomic E-state index is 13.9. The SMILES string of the molecule is CC(C)(C)c1cccc([S+](c2ccc3sc4ccccc4c(=O)c3c2)c2ccc(Sc3ccc4sc5ccccc5c(=O)c4c3)cc2C(C)(C)C)c1. The Bertz CT molecular complexity index is 2800. The fraction of sp³-hybridized carbons (Fsp3) is 0.174. The van der Waals surface area contributed by atoms with Crippen molar-refractivity contribution in [1.82, 2.24) is 0 Å². The van der Waals surface area contributed by atoms with E-state index >= 15 is 0 Å². The van der Waals surface area contributed by atoms with Gasteiger partial charge in [0.15, 0.2) is 25.5 Å². The van der Waals surface area contributed by atoms with Gasteiger partial charge in [0.2, 0.25) is 0 Å². The van der Waals surface area contributed by atoms with E-state index in [4.69, 9.17) is 0 Å². The molecule has 6 aromatic carbocycles. The van der Waals surface area contributed by atoms with Gasteiger partial charge in [0, 0.05) is 61.8 Å². The van der Waals surface area contributed by atoms with Gasteiger partial charge >= 0.3 is 0 Å². The summed E-state index contributed by atoms with van der Waals surface area (Å²) in [4.78, 5) is 33.2. The van der Waals surface area contributed by atoms with Crippen LogP contribution >= 0.6 is 34.4 Å². The van der Waals surface area contributed by atoms with Crippen LogP contribution in [-0.2, 0) is 21.7 Å². The number of hydrogen-bond acceptors (Lipinski definition) is 5. The van der Waals surface area contributed by atoms with Gasteiger partial charge < -0.3 is 0 Å². The Labute approximate surface area is 319 Å². The first-order chi connectivity index (χ1) is 24.8. The molecule has 0 amide bonds. The lowest BCUT2D eigenvalue weighted by atomic mass is 9.87. The Morgan fingerprint density at radius 2 is 1.02 bits per heavy atom. The monoisotopic (exact) mass is 751 g/mol. The Morgan fingerprint density at radius 3 is 1.65 bits per heavy atom. The third-order valence-electron chi connectivity index (χ3n) is 9.48. The predicted octanol–water partition coefficient (Wildman–Crippen LogP) is 13.0. The zero-order valence-corrected chi connectivity index (χ0v) is 33.3. The molecule has 0 spiro atoms. The summed E-state index contributed by atoms with van der Waals surface area (Å²) in [7, 11) is -0.489. The molecule has 0 N–H and O–H groups in total. The van der Waals surface area contributed by atoms with Gasteiger partial charge in [-0.05, 0) is 101 Å². The largest absolute Gasteiger partial charge is 0.289 e. The number of fused-ring (bicyclic) bond motifs is 4. The van der Waals surface area contributed by atoms with E-state index in [1.54, 1.807) is 34.4 Å². The minimum absolute atomic E-state index is 0.0125. The molecule has 0 aliphatic carbocycles. The minimum Gasteiger partial charge on any atom is -0.289 e. The highest BCUT2D eigenvalue weighted by atomic mass is 32.2. The number of rotatable bonds is 5. The molecule has 8 rings (SSSR count). The van der Waals surface area contributed by atoms with Crippen molar-refractivity contribution in [1.29, 1.82) is 0 Å². The summed E-state index contributed by atoms with van der Waals surface area (Å²) < 4.78 is 4.04. The molecule has 2 aromatic heterocycles. The van der Waals surface area contributed by atoms with Crippen LogP contribution in [0.15, 0.2) is 161 Å². The lowest BCUT2D eigenvalue weighted by Crippen LogP contribution is -2.19. The van der Waals surface area contributed by atoms with Crippen molar-refractivity contribution in [2.45, 2.75) is 76.8 Å². The van der Waals surface area contributed by atoms with Crippen molar-refractivity contribution < 1.29 is 0 Å². The summed E-state index contributed by atoms with van der Waals surface area (Å²) in [6.45, 7) is 13.6. The Kier molecular flexibility index (Phi) is 8.94. The van der Waals surface area contributed by atoms with Crippen LogP contribution in [0.2, 0.25) is 0 Å². The molecule has 52 heavy (non-hydrogen) atoms. The average Bonchev–Trinajstić information content (AvgIpc) is 3.12. The van der Waals surface area contributed by atoms with Crippen LogP contribution in [0.1, 0.15) is 52.7 Å². The molecule has 1 unspecified atom stereocenters. The van der Waals surface area contributed by atoms with Crippen LogP contribution in [0.5, 0.6) is 0 Å². The van der Waals surface area contributed by atoms with Gasteiger partial charge in [0.05, 0.1) is 10.9 Å². The molecule has 0 saturated carbocycles. The smallest absolute Gasteiger partial charge is 0.196 e. The first-order valence-corrected chi connectivity index (χ1v) is 21.1. The van der Waals surface area contributed by atoms with E-state index in [9.17, 15) is 9.59 Å². The van der Waals surface area contributed by atoms with E-state index < -0.39 is 10.9 Å². The molecule has 0 bridgehead atoms. The molecule has 0 fully saturated rings. The molecule has 0 aliphatic heterocycles. The van der Waals surface area contributed by atoms with Gasteiger partial charge in [0.1, 0.15) is 0 Å². The second-order valence-corrected chi connectivity index (χ2v) is 20.6. The highest BCUT2D eigenvalue weighted by molar-refractivity contribution is 7.99. The molecular weight excluding hydrogens is 713 g/mol. The third kappa shape index (κ3) is 6.51. The molecule has 2 nitrogen and oxygen atoms in total. The molecular formula is C46H39O2S4+. The second-order valence-electron chi connectivity index (χ2n) is 15.3. The van der Waals surface area contributed by atoms with Crippen LogP contribution in [0.25, 0.3) is 40.3 Å². The van der Waals surface area contributed by atoms with Crippen LogP contribution in [-0.4, -0.2) is 0 Å². The molecule has 2 heterocycles. The van der Waals surface area contributed by atoms with Gasteiger partial charge in [-0.2, -0.15) is 0 Å². The Balaban J connectivity index is 1.28. The number of hydrogen-bond donors (Lipinski definition) is 0. The summed E-state index contributed by atoms with van der Waals surface area (Å²) in [5.41, 5.74) is 2.55. The van der Waals surface area contributed by atoms with Crippen LogP contribution in [0, 0.1) is 0 Å². The molecule has 8 aromatic rings. The van der Waals surface area contributed by atoms with Gasteiger partial charge in [-0.25, -0.2) is 0 Å². The summed E-state index contributed by atoms with van der Waals surface area (Å²) >= 11 is 5.04. The van der Waals surface area contributed by atoms with Gasteiger partial charge in [-0.15, -0.1) is 22.7 Å².